The van der Waals surface area contributed by atoms with Gasteiger partial charge in [0.25, 0.3) is 5.91 Å². The highest BCUT2D eigenvalue weighted by molar-refractivity contribution is 7.14. The second kappa shape index (κ2) is 9.62. The third kappa shape index (κ3) is 4.95. The number of benzene rings is 3. The fourth-order valence-electron chi connectivity index (χ4n) is 3.26. The molecule has 1 aromatic heterocycles. The number of carbonyl (C=O) groups excluding carboxylic acids is 2. The van der Waals surface area contributed by atoms with E-state index in [4.69, 9.17) is 9.47 Å². The van der Waals surface area contributed by atoms with Crippen LogP contribution in [0.15, 0.2) is 72.1 Å². The highest BCUT2D eigenvalue weighted by Gasteiger charge is 2.19. The number of amides is 1. The van der Waals surface area contributed by atoms with E-state index in [0.29, 0.717) is 5.13 Å². The number of anilines is 1. The summed E-state index contributed by atoms with van der Waals surface area (Å²) in [5.74, 6) is -0.610. The van der Waals surface area contributed by atoms with Crippen LogP contribution in [0.2, 0.25) is 0 Å². The molecular weight excluding hydrogens is 424 g/mol. The van der Waals surface area contributed by atoms with E-state index in [2.05, 4.69) is 10.3 Å². The quantitative estimate of drug-likeness (QED) is 0.392. The first-order chi connectivity index (χ1) is 15.5. The van der Waals surface area contributed by atoms with Crippen LogP contribution in [0.4, 0.5) is 5.13 Å². The number of methoxy groups -OCH3 is 1. The Hall–Kier alpha value is -3.71. The van der Waals surface area contributed by atoms with E-state index in [0.717, 1.165) is 33.3 Å². The van der Waals surface area contributed by atoms with E-state index < -0.39 is 17.8 Å². The first kappa shape index (κ1) is 21.5. The SMILES string of the molecule is COc1ccc2cc(C(C)C(=O)OCC(=O)Nc3nc(-c4ccccc4)cs3)ccc2c1. The van der Waals surface area contributed by atoms with Crippen LogP contribution in [0.5, 0.6) is 5.75 Å². The Bertz CT molecular complexity index is 1250. The Morgan fingerprint density at radius 3 is 2.56 bits per heavy atom. The van der Waals surface area contributed by atoms with Crippen LogP contribution in [0.25, 0.3) is 22.0 Å². The second-order valence-corrected chi connectivity index (χ2v) is 8.11. The summed E-state index contributed by atoms with van der Waals surface area (Å²) >= 11 is 1.32. The summed E-state index contributed by atoms with van der Waals surface area (Å²) in [4.78, 5) is 29.1. The van der Waals surface area contributed by atoms with Crippen molar-refractivity contribution in [3.63, 3.8) is 0 Å². The fraction of sp³-hybridized carbons (Fsp3) is 0.160. The Kier molecular flexibility index (Phi) is 6.47. The molecule has 6 nitrogen and oxygen atoms in total. The van der Waals surface area contributed by atoms with Crippen molar-refractivity contribution >= 4 is 39.1 Å². The number of thiazole rings is 1. The zero-order valence-corrected chi connectivity index (χ0v) is 18.5. The Morgan fingerprint density at radius 2 is 1.78 bits per heavy atom. The van der Waals surface area contributed by atoms with Gasteiger partial charge in [-0.15, -0.1) is 11.3 Å². The van der Waals surface area contributed by atoms with Crippen molar-refractivity contribution < 1.29 is 19.1 Å². The predicted octanol–water partition coefficient (Wildman–Crippen LogP) is 5.26. The molecule has 4 aromatic rings. The van der Waals surface area contributed by atoms with Gasteiger partial charge in [0.2, 0.25) is 0 Å². The monoisotopic (exact) mass is 446 g/mol. The maximum atomic E-state index is 12.5. The first-order valence-electron chi connectivity index (χ1n) is 10.1. The first-order valence-corrected chi connectivity index (χ1v) is 11.0. The minimum atomic E-state index is -0.501. The number of nitrogens with zero attached hydrogens (tertiary/aromatic N) is 1. The standard InChI is InChI=1S/C25H22N2O4S/c1-16(18-8-9-20-13-21(30-2)11-10-19(20)12-18)24(29)31-14-23(28)27-25-26-22(15-32-25)17-6-4-3-5-7-17/h3-13,15-16H,14H2,1-2H3,(H,26,27,28). The molecule has 3 aromatic carbocycles. The molecule has 1 heterocycles. The molecule has 0 aliphatic rings. The van der Waals surface area contributed by atoms with Crippen molar-refractivity contribution in [1.29, 1.82) is 0 Å². The normalized spacial score (nSPS) is 11.7. The summed E-state index contributed by atoms with van der Waals surface area (Å²) in [7, 11) is 1.63. The van der Waals surface area contributed by atoms with Crippen molar-refractivity contribution in [2.45, 2.75) is 12.8 Å². The fourth-order valence-corrected chi connectivity index (χ4v) is 4.00. The Labute approximate surface area is 189 Å². The van der Waals surface area contributed by atoms with Gasteiger partial charge in [-0.25, -0.2) is 4.98 Å². The number of ether oxygens (including phenoxy) is 2. The maximum Gasteiger partial charge on any atom is 0.313 e. The highest BCUT2D eigenvalue weighted by atomic mass is 32.1. The third-order valence-electron chi connectivity index (χ3n) is 5.09. The van der Waals surface area contributed by atoms with Gasteiger partial charge in [-0.2, -0.15) is 0 Å². The molecule has 1 amide bonds. The van der Waals surface area contributed by atoms with Crippen LogP contribution in [-0.2, 0) is 14.3 Å². The van der Waals surface area contributed by atoms with Crippen molar-refractivity contribution in [2.24, 2.45) is 0 Å². The number of hydrogen-bond donors (Lipinski definition) is 1. The second-order valence-electron chi connectivity index (χ2n) is 7.25. The Morgan fingerprint density at radius 1 is 1.03 bits per heavy atom. The summed E-state index contributed by atoms with van der Waals surface area (Å²) in [5.41, 5.74) is 2.57. The minimum Gasteiger partial charge on any atom is -0.497 e. The molecule has 0 saturated carbocycles. The lowest BCUT2D eigenvalue weighted by molar-refractivity contribution is -0.148. The molecule has 32 heavy (non-hydrogen) atoms. The summed E-state index contributed by atoms with van der Waals surface area (Å²) in [6.45, 7) is 1.39. The van der Waals surface area contributed by atoms with E-state index in [9.17, 15) is 9.59 Å². The number of nitrogens with one attached hydrogen (secondary N) is 1. The molecule has 4 rings (SSSR count). The van der Waals surface area contributed by atoms with Gasteiger partial charge in [0.1, 0.15) is 5.75 Å². The minimum absolute atomic E-state index is 0.367. The van der Waals surface area contributed by atoms with Crippen molar-refractivity contribution in [3.05, 3.63) is 77.7 Å². The highest BCUT2D eigenvalue weighted by Crippen LogP contribution is 2.26. The summed E-state index contributed by atoms with van der Waals surface area (Å²) in [6.07, 6.45) is 0. The number of esters is 1. The zero-order valence-electron chi connectivity index (χ0n) is 17.7. The average molecular weight is 447 g/mol. The molecule has 0 aliphatic carbocycles. The number of fused-ring (bicyclic) bond motifs is 1. The molecule has 1 unspecified atom stereocenters. The van der Waals surface area contributed by atoms with Crippen LogP contribution < -0.4 is 10.1 Å². The van der Waals surface area contributed by atoms with Crippen molar-refractivity contribution in [1.82, 2.24) is 4.98 Å². The molecule has 0 bridgehead atoms. The van der Waals surface area contributed by atoms with Crippen LogP contribution in [0.3, 0.4) is 0 Å². The topological polar surface area (TPSA) is 77.5 Å². The summed E-state index contributed by atoms with van der Waals surface area (Å²) in [6, 6.07) is 21.2. The lowest BCUT2D eigenvalue weighted by atomic mass is 9.98. The van der Waals surface area contributed by atoms with E-state index in [1.807, 2.05) is 72.1 Å². The largest absolute Gasteiger partial charge is 0.497 e. The van der Waals surface area contributed by atoms with Crippen LogP contribution in [0.1, 0.15) is 18.4 Å². The molecular formula is C25H22N2O4S. The van der Waals surface area contributed by atoms with E-state index in [1.165, 1.54) is 11.3 Å². The van der Waals surface area contributed by atoms with Crippen LogP contribution in [-0.4, -0.2) is 30.6 Å². The molecule has 162 valence electrons. The van der Waals surface area contributed by atoms with Gasteiger partial charge in [0.15, 0.2) is 11.7 Å². The lowest BCUT2D eigenvalue weighted by Crippen LogP contribution is -2.23. The lowest BCUT2D eigenvalue weighted by Gasteiger charge is -2.13. The molecule has 1 atom stereocenters. The molecule has 0 aliphatic heterocycles. The molecule has 0 saturated heterocycles. The van der Waals surface area contributed by atoms with E-state index in [1.54, 1.807) is 14.0 Å². The number of rotatable bonds is 7. The molecule has 7 heteroatoms. The molecule has 0 spiro atoms. The van der Waals surface area contributed by atoms with E-state index in [-0.39, 0.29) is 6.61 Å². The van der Waals surface area contributed by atoms with E-state index >= 15 is 0 Å². The van der Waals surface area contributed by atoms with Gasteiger partial charge in [0, 0.05) is 10.9 Å². The smallest absolute Gasteiger partial charge is 0.313 e. The van der Waals surface area contributed by atoms with Gasteiger partial charge in [-0.3, -0.25) is 14.9 Å². The molecule has 0 radical (unpaired) electrons. The third-order valence-corrected chi connectivity index (χ3v) is 5.85. The van der Waals surface area contributed by atoms with Crippen molar-refractivity contribution in [2.75, 3.05) is 19.0 Å². The average Bonchev–Trinajstić information content (AvgIpc) is 3.30. The maximum absolute atomic E-state index is 12.5. The van der Waals surface area contributed by atoms with Crippen molar-refractivity contribution in [3.8, 4) is 17.0 Å². The number of hydrogen-bond acceptors (Lipinski definition) is 6. The van der Waals surface area contributed by atoms with Gasteiger partial charge in [0.05, 0.1) is 18.7 Å². The van der Waals surface area contributed by atoms with Gasteiger partial charge < -0.3 is 9.47 Å². The van der Waals surface area contributed by atoms with Crippen LogP contribution in [0, 0.1) is 0 Å². The number of carbonyl (C=O) groups is 2. The van der Waals surface area contributed by atoms with Gasteiger partial charge in [-0.1, -0.05) is 54.6 Å². The summed E-state index contributed by atoms with van der Waals surface area (Å²) in [5, 5.41) is 7.03. The summed E-state index contributed by atoms with van der Waals surface area (Å²) < 4.78 is 10.5. The predicted molar refractivity (Wildman–Crippen MR) is 126 cm³/mol. The number of aromatic nitrogens is 1. The van der Waals surface area contributed by atoms with Gasteiger partial charge >= 0.3 is 5.97 Å². The molecule has 0 fully saturated rings. The van der Waals surface area contributed by atoms with Gasteiger partial charge in [-0.05, 0) is 35.4 Å². The van der Waals surface area contributed by atoms with Crippen LogP contribution >= 0.6 is 11.3 Å². The zero-order chi connectivity index (χ0) is 22.5. The molecule has 1 N–H and O–H groups in total. The Balaban J connectivity index is 1.33.